The molecule has 4 nitrogen and oxygen atoms in total. The second kappa shape index (κ2) is 6.28. The molecule has 0 aromatic heterocycles. The van der Waals surface area contributed by atoms with E-state index in [-0.39, 0.29) is 16.7 Å². The highest BCUT2D eigenvalue weighted by molar-refractivity contribution is 7.80. The van der Waals surface area contributed by atoms with Gasteiger partial charge in [0.25, 0.3) is 0 Å². The molecule has 1 saturated heterocycles. The van der Waals surface area contributed by atoms with E-state index in [1.807, 2.05) is 0 Å². The van der Waals surface area contributed by atoms with Crippen molar-refractivity contribution in [3.63, 3.8) is 0 Å². The van der Waals surface area contributed by atoms with Gasteiger partial charge in [0.2, 0.25) is 5.91 Å². The van der Waals surface area contributed by atoms with Gasteiger partial charge in [0, 0.05) is 50.8 Å². The van der Waals surface area contributed by atoms with Crippen molar-refractivity contribution in [1.29, 1.82) is 0 Å². The van der Waals surface area contributed by atoms with Crippen LogP contribution in [-0.2, 0) is 11.3 Å². The zero-order valence-corrected chi connectivity index (χ0v) is 12.3. The van der Waals surface area contributed by atoms with Crippen LogP contribution in [0.1, 0.15) is 18.1 Å². The van der Waals surface area contributed by atoms with Crippen molar-refractivity contribution < 1.29 is 9.18 Å². The zero-order chi connectivity index (χ0) is 14.7. The summed E-state index contributed by atoms with van der Waals surface area (Å²) in [6, 6.07) is 4.69. The summed E-state index contributed by atoms with van der Waals surface area (Å²) in [6.07, 6.45) is 0. The van der Waals surface area contributed by atoms with Crippen LogP contribution >= 0.6 is 12.2 Å². The average molecular weight is 295 g/mol. The zero-order valence-electron chi connectivity index (χ0n) is 11.4. The first-order chi connectivity index (χ1) is 9.47. The second-order valence-corrected chi connectivity index (χ2v) is 5.39. The Labute approximate surface area is 123 Å². The first-order valence-electron chi connectivity index (χ1n) is 6.53. The van der Waals surface area contributed by atoms with Gasteiger partial charge in [-0.1, -0.05) is 12.2 Å². The quantitative estimate of drug-likeness (QED) is 0.849. The fourth-order valence-corrected chi connectivity index (χ4v) is 2.44. The van der Waals surface area contributed by atoms with Crippen molar-refractivity contribution in [2.24, 2.45) is 5.73 Å². The van der Waals surface area contributed by atoms with Crippen molar-refractivity contribution in [2.45, 2.75) is 13.5 Å². The SMILES string of the molecule is CC(=O)N1CCN(Cc2cc(C(N)=S)ccc2F)CC1. The van der Waals surface area contributed by atoms with Gasteiger partial charge in [0.15, 0.2) is 0 Å². The van der Waals surface area contributed by atoms with E-state index in [1.54, 1.807) is 24.0 Å². The van der Waals surface area contributed by atoms with Crippen LogP contribution in [0.2, 0.25) is 0 Å². The van der Waals surface area contributed by atoms with Crippen LogP contribution < -0.4 is 5.73 Å². The van der Waals surface area contributed by atoms with Gasteiger partial charge in [-0.3, -0.25) is 9.69 Å². The largest absolute Gasteiger partial charge is 0.389 e. The van der Waals surface area contributed by atoms with Gasteiger partial charge in [-0.25, -0.2) is 4.39 Å². The molecule has 2 rings (SSSR count). The van der Waals surface area contributed by atoms with Crippen LogP contribution in [0.25, 0.3) is 0 Å². The maximum atomic E-state index is 13.8. The predicted molar refractivity (Wildman–Crippen MR) is 79.8 cm³/mol. The fraction of sp³-hybridized carbons (Fsp3) is 0.429. The highest BCUT2D eigenvalue weighted by Crippen LogP contribution is 2.15. The number of rotatable bonds is 3. The molecule has 0 bridgehead atoms. The lowest BCUT2D eigenvalue weighted by molar-refractivity contribution is -0.130. The monoisotopic (exact) mass is 295 g/mol. The van der Waals surface area contributed by atoms with E-state index in [0.29, 0.717) is 30.8 Å². The van der Waals surface area contributed by atoms with E-state index in [9.17, 15) is 9.18 Å². The first-order valence-corrected chi connectivity index (χ1v) is 6.94. The average Bonchev–Trinajstić information content (AvgIpc) is 2.41. The molecule has 108 valence electrons. The molecule has 0 unspecified atom stereocenters. The molecule has 2 N–H and O–H groups in total. The Morgan fingerprint density at radius 1 is 1.35 bits per heavy atom. The van der Waals surface area contributed by atoms with Crippen LogP contribution in [0.15, 0.2) is 18.2 Å². The van der Waals surface area contributed by atoms with Crippen LogP contribution in [0.3, 0.4) is 0 Å². The maximum absolute atomic E-state index is 13.8. The van der Waals surface area contributed by atoms with Gasteiger partial charge in [0.05, 0.1) is 0 Å². The lowest BCUT2D eigenvalue weighted by Crippen LogP contribution is -2.47. The molecule has 20 heavy (non-hydrogen) atoms. The molecule has 0 saturated carbocycles. The topological polar surface area (TPSA) is 49.6 Å². The summed E-state index contributed by atoms with van der Waals surface area (Å²) >= 11 is 4.91. The number of carbonyl (C=O) groups is 1. The molecular formula is C14H18FN3OS. The molecule has 0 atom stereocenters. The van der Waals surface area contributed by atoms with Crippen LogP contribution in [0, 0.1) is 5.82 Å². The number of thiocarbonyl (C=S) groups is 1. The number of nitrogens with zero attached hydrogens (tertiary/aromatic N) is 2. The van der Waals surface area contributed by atoms with E-state index in [1.165, 1.54) is 6.07 Å². The molecular weight excluding hydrogens is 277 g/mol. The number of carbonyl (C=O) groups excluding carboxylic acids is 1. The fourth-order valence-electron chi connectivity index (χ4n) is 2.31. The molecule has 0 spiro atoms. The summed E-state index contributed by atoms with van der Waals surface area (Å²) in [4.78, 5) is 15.5. The van der Waals surface area contributed by atoms with Gasteiger partial charge in [-0.2, -0.15) is 0 Å². The Morgan fingerprint density at radius 3 is 2.55 bits per heavy atom. The summed E-state index contributed by atoms with van der Waals surface area (Å²) in [6.45, 7) is 4.94. The lowest BCUT2D eigenvalue weighted by Gasteiger charge is -2.34. The summed E-state index contributed by atoms with van der Waals surface area (Å²) < 4.78 is 13.8. The highest BCUT2D eigenvalue weighted by Gasteiger charge is 2.19. The third-order valence-corrected chi connectivity index (χ3v) is 3.78. The van der Waals surface area contributed by atoms with Crippen LogP contribution in [0.5, 0.6) is 0 Å². The third-order valence-electron chi connectivity index (χ3n) is 3.54. The molecule has 1 heterocycles. The molecule has 0 aliphatic carbocycles. The number of piperazine rings is 1. The predicted octanol–water partition coefficient (Wildman–Crippen LogP) is 1.12. The third kappa shape index (κ3) is 3.52. The van der Waals surface area contributed by atoms with E-state index in [0.717, 1.165) is 13.1 Å². The Hall–Kier alpha value is -1.53. The van der Waals surface area contributed by atoms with Crippen molar-refractivity contribution >= 4 is 23.1 Å². The minimum Gasteiger partial charge on any atom is -0.389 e. The normalized spacial score (nSPS) is 16.2. The molecule has 1 aromatic rings. The Kier molecular flexibility index (Phi) is 4.67. The molecule has 1 aromatic carbocycles. The summed E-state index contributed by atoms with van der Waals surface area (Å²) in [7, 11) is 0. The number of halogens is 1. The minimum atomic E-state index is -0.251. The van der Waals surface area contributed by atoms with Crippen molar-refractivity contribution in [3.05, 3.63) is 35.1 Å². The van der Waals surface area contributed by atoms with Gasteiger partial charge in [-0.15, -0.1) is 0 Å². The Bertz CT molecular complexity index is 527. The number of nitrogens with two attached hydrogens (primary N) is 1. The minimum absolute atomic E-state index is 0.0892. The number of amides is 1. The summed E-state index contributed by atoms with van der Waals surface area (Å²) in [5, 5.41) is 0. The van der Waals surface area contributed by atoms with Crippen molar-refractivity contribution in [1.82, 2.24) is 9.80 Å². The summed E-state index contributed by atoms with van der Waals surface area (Å²) in [5.41, 5.74) is 6.84. The van der Waals surface area contributed by atoms with E-state index >= 15 is 0 Å². The second-order valence-electron chi connectivity index (χ2n) is 4.95. The maximum Gasteiger partial charge on any atom is 0.219 e. The van der Waals surface area contributed by atoms with E-state index in [2.05, 4.69) is 4.90 Å². The van der Waals surface area contributed by atoms with E-state index < -0.39 is 0 Å². The molecule has 1 amide bonds. The van der Waals surface area contributed by atoms with Gasteiger partial charge < -0.3 is 10.6 Å². The van der Waals surface area contributed by atoms with E-state index in [4.69, 9.17) is 18.0 Å². The van der Waals surface area contributed by atoms with Crippen molar-refractivity contribution in [2.75, 3.05) is 26.2 Å². The Morgan fingerprint density at radius 2 is 2.00 bits per heavy atom. The number of benzene rings is 1. The molecule has 0 radical (unpaired) electrons. The van der Waals surface area contributed by atoms with Gasteiger partial charge in [-0.05, 0) is 18.2 Å². The van der Waals surface area contributed by atoms with Gasteiger partial charge >= 0.3 is 0 Å². The number of hydrogen-bond donors (Lipinski definition) is 1. The Balaban J connectivity index is 2.02. The standard InChI is InChI=1S/C14H18FN3OS/c1-10(19)18-6-4-17(5-7-18)9-12-8-11(14(16)20)2-3-13(12)15/h2-3,8H,4-7,9H2,1H3,(H2,16,20). The molecule has 1 fully saturated rings. The van der Waals surface area contributed by atoms with Crippen LogP contribution in [0.4, 0.5) is 4.39 Å². The molecule has 1 aliphatic heterocycles. The molecule has 1 aliphatic rings. The smallest absolute Gasteiger partial charge is 0.219 e. The van der Waals surface area contributed by atoms with Gasteiger partial charge in [0.1, 0.15) is 10.8 Å². The molecule has 6 heteroatoms. The summed E-state index contributed by atoms with van der Waals surface area (Å²) in [5.74, 6) is -0.162. The lowest BCUT2D eigenvalue weighted by atomic mass is 10.1. The number of hydrogen-bond acceptors (Lipinski definition) is 3. The van der Waals surface area contributed by atoms with Crippen LogP contribution in [-0.4, -0.2) is 46.9 Å². The highest BCUT2D eigenvalue weighted by atomic mass is 32.1. The van der Waals surface area contributed by atoms with Crippen molar-refractivity contribution in [3.8, 4) is 0 Å². The first kappa shape index (κ1) is 14.9.